The lowest BCUT2D eigenvalue weighted by molar-refractivity contribution is 0.321. The van der Waals surface area contributed by atoms with Gasteiger partial charge >= 0.3 is 0 Å². The molecule has 2 heterocycles. The number of oxazole rings is 1. The minimum atomic E-state index is 0.335. The van der Waals surface area contributed by atoms with Gasteiger partial charge in [-0.05, 0) is 38.0 Å². The van der Waals surface area contributed by atoms with Gasteiger partial charge in [0.1, 0.15) is 17.3 Å². The molecule has 2 aromatic rings. The Balaban J connectivity index is 1.51. The molecular formula is C21H31N5O3. The van der Waals surface area contributed by atoms with Crippen LogP contribution in [0.5, 0.6) is 11.5 Å². The van der Waals surface area contributed by atoms with E-state index in [-0.39, 0.29) is 0 Å². The van der Waals surface area contributed by atoms with Gasteiger partial charge in [-0.1, -0.05) is 0 Å². The summed E-state index contributed by atoms with van der Waals surface area (Å²) in [5, 5.41) is 6.78. The first-order valence-electron chi connectivity index (χ1n) is 9.85. The average molecular weight is 402 g/mol. The second kappa shape index (κ2) is 9.65. The van der Waals surface area contributed by atoms with Crippen LogP contribution >= 0.6 is 0 Å². The molecule has 0 aliphatic carbocycles. The lowest BCUT2D eigenvalue weighted by atomic mass is 10.2. The molecule has 1 aliphatic rings. The van der Waals surface area contributed by atoms with Crippen molar-refractivity contribution in [2.45, 2.75) is 39.4 Å². The molecule has 1 fully saturated rings. The third-order valence-corrected chi connectivity index (χ3v) is 5.13. The minimum Gasteiger partial charge on any atom is -0.497 e. The van der Waals surface area contributed by atoms with Crippen LogP contribution in [0.15, 0.2) is 27.6 Å². The molecule has 29 heavy (non-hydrogen) atoms. The highest BCUT2D eigenvalue weighted by Crippen LogP contribution is 2.24. The molecule has 1 aromatic heterocycles. The van der Waals surface area contributed by atoms with Crippen molar-refractivity contribution in [2.24, 2.45) is 4.99 Å². The van der Waals surface area contributed by atoms with Crippen LogP contribution in [0.4, 0.5) is 0 Å². The number of rotatable bonds is 7. The second-order valence-electron chi connectivity index (χ2n) is 7.26. The average Bonchev–Trinajstić information content (AvgIpc) is 3.30. The molecule has 8 heteroatoms. The zero-order chi connectivity index (χ0) is 20.8. The molecule has 0 saturated carbocycles. The van der Waals surface area contributed by atoms with E-state index in [4.69, 9.17) is 13.9 Å². The van der Waals surface area contributed by atoms with Crippen LogP contribution in [0.25, 0.3) is 0 Å². The molecule has 158 valence electrons. The van der Waals surface area contributed by atoms with Gasteiger partial charge in [0.25, 0.3) is 0 Å². The molecule has 1 atom stereocenters. The molecule has 1 aliphatic heterocycles. The van der Waals surface area contributed by atoms with Crippen molar-refractivity contribution in [3.05, 3.63) is 41.1 Å². The van der Waals surface area contributed by atoms with Gasteiger partial charge in [-0.2, -0.15) is 0 Å². The van der Waals surface area contributed by atoms with E-state index in [1.807, 2.05) is 19.9 Å². The van der Waals surface area contributed by atoms with E-state index in [2.05, 4.69) is 37.6 Å². The summed E-state index contributed by atoms with van der Waals surface area (Å²) < 4.78 is 16.4. The fourth-order valence-electron chi connectivity index (χ4n) is 3.47. The summed E-state index contributed by atoms with van der Waals surface area (Å²) in [6.07, 6.45) is 1.05. The fourth-order valence-corrected chi connectivity index (χ4v) is 3.47. The van der Waals surface area contributed by atoms with Gasteiger partial charge in [0.05, 0.1) is 26.5 Å². The van der Waals surface area contributed by atoms with Gasteiger partial charge in [-0.25, -0.2) is 4.98 Å². The number of aromatic nitrogens is 1. The molecule has 0 spiro atoms. The molecule has 1 unspecified atom stereocenters. The van der Waals surface area contributed by atoms with Crippen LogP contribution in [-0.4, -0.2) is 56.2 Å². The third-order valence-electron chi connectivity index (χ3n) is 5.13. The van der Waals surface area contributed by atoms with E-state index < -0.39 is 0 Å². The zero-order valence-electron chi connectivity index (χ0n) is 17.9. The van der Waals surface area contributed by atoms with Crippen molar-refractivity contribution < 1.29 is 13.9 Å². The van der Waals surface area contributed by atoms with Crippen LogP contribution in [0.2, 0.25) is 0 Å². The Labute approximate surface area is 172 Å². The Morgan fingerprint density at radius 3 is 2.55 bits per heavy atom. The highest BCUT2D eigenvalue weighted by molar-refractivity contribution is 5.79. The number of likely N-dealkylation sites (tertiary alicyclic amines) is 1. The topological polar surface area (TPSA) is 84.2 Å². The predicted octanol–water partition coefficient (Wildman–Crippen LogP) is 2.25. The maximum Gasteiger partial charge on any atom is 0.214 e. The fraction of sp³-hybridized carbons (Fsp3) is 0.524. The molecule has 0 amide bonds. The number of benzene rings is 1. The summed E-state index contributed by atoms with van der Waals surface area (Å²) in [5.74, 6) is 3.91. The van der Waals surface area contributed by atoms with Crippen molar-refractivity contribution in [1.82, 2.24) is 20.5 Å². The monoisotopic (exact) mass is 401 g/mol. The Kier molecular flexibility index (Phi) is 6.98. The van der Waals surface area contributed by atoms with Crippen LogP contribution in [0.3, 0.4) is 0 Å². The van der Waals surface area contributed by atoms with Gasteiger partial charge < -0.3 is 24.5 Å². The minimum absolute atomic E-state index is 0.335. The number of methoxy groups -OCH3 is 2. The summed E-state index contributed by atoms with van der Waals surface area (Å²) in [6, 6.07) is 6.35. The number of nitrogens with zero attached hydrogens (tertiary/aromatic N) is 3. The van der Waals surface area contributed by atoms with Gasteiger partial charge in [-0.3, -0.25) is 9.89 Å². The molecule has 0 radical (unpaired) electrons. The van der Waals surface area contributed by atoms with Crippen molar-refractivity contribution in [3.63, 3.8) is 0 Å². The molecule has 1 aromatic carbocycles. The first-order valence-corrected chi connectivity index (χ1v) is 9.85. The number of aryl methyl sites for hydroxylation is 2. The first kappa shape index (κ1) is 21.0. The van der Waals surface area contributed by atoms with E-state index in [1.165, 1.54) is 5.56 Å². The summed E-state index contributed by atoms with van der Waals surface area (Å²) >= 11 is 0. The smallest absolute Gasteiger partial charge is 0.214 e. The standard InChI is InChI=1S/C21H31N5O3/c1-14-15(2)29-20(24-14)11-23-21(22-3)25-17-6-7-26(13-17)12-16-8-18(27-4)10-19(9-16)28-5/h8-10,17H,6-7,11-13H2,1-5H3,(H2,22,23,25). The van der Waals surface area contributed by atoms with Gasteiger partial charge in [0.2, 0.25) is 5.89 Å². The van der Waals surface area contributed by atoms with Crippen molar-refractivity contribution in [2.75, 3.05) is 34.4 Å². The Morgan fingerprint density at radius 2 is 1.97 bits per heavy atom. The first-order chi connectivity index (χ1) is 14.0. The zero-order valence-corrected chi connectivity index (χ0v) is 17.9. The van der Waals surface area contributed by atoms with Crippen LogP contribution in [0, 0.1) is 13.8 Å². The third kappa shape index (κ3) is 5.63. The molecule has 1 saturated heterocycles. The summed E-state index contributed by atoms with van der Waals surface area (Å²) in [6.45, 7) is 7.19. The predicted molar refractivity (Wildman–Crippen MR) is 113 cm³/mol. The van der Waals surface area contributed by atoms with Crippen molar-refractivity contribution in [3.8, 4) is 11.5 Å². The number of ether oxygens (including phenoxy) is 2. The summed E-state index contributed by atoms with van der Waals surface area (Å²) in [5.41, 5.74) is 2.10. The number of hydrogen-bond acceptors (Lipinski definition) is 6. The van der Waals surface area contributed by atoms with Crippen molar-refractivity contribution in [1.29, 1.82) is 0 Å². The highest BCUT2D eigenvalue weighted by Gasteiger charge is 2.23. The Bertz CT molecular complexity index is 807. The van der Waals surface area contributed by atoms with E-state index in [0.29, 0.717) is 18.5 Å². The second-order valence-corrected chi connectivity index (χ2v) is 7.26. The van der Waals surface area contributed by atoms with E-state index in [9.17, 15) is 0 Å². The number of hydrogen-bond donors (Lipinski definition) is 2. The quantitative estimate of drug-likeness (QED) is 0.544. The van der Waals surface area contributed by atoms with Gasteiger partial charge in [0.15, 0.2) is 5.96 Å². The molecule has 0 bridgehead atoms. The van der Waals surface area contributed by atoms with Gasteiger partial charge in [0, 0.05) is 38.8 Å². The lowest BCUT2D eigenvalue weighted by Gasteiger charge is -2.19. The maximum absolute atomic E-state index is 5.62. The SMILES string of the molecule is CN=C(NCc1nc(C)c(C)o1)NC1CCN(Cc2cc(OC)cc(OC)c2)C1. The number of guanidine groups is 1. The van der Waals surface area contributed by atoms with E-state index in [0.717, 1.165) is 55.0 Å². The van der Waals surface area contributed by atoms with E-state index >= 15 is 0 Å². The molecule has 8 nitrogen and oxygen atoms in total. The molecule has 3 rings (SSSR count). The summed E-state index contributed by atoms with van der Waals surface area (Å²) in [4.78, 5) is 11.1. The maximum atomic E-state index is 5.62. The van der Waals surface area contributed by atoms with Crippen molar-refractivity contribution >= 4 is 5.96 Å². The highest BCUT2D eigenvalue weighted by atomic mass is 16.5. The normalized spacial score (nSPS) is 17.4. The largest absolute Gasteiger partial charge is 0.497 e. The van der Waals surface area contributed by atoms with Crippen LogP contribution in [0.1, 0.15) is 29.3 Å². The number of nitrogens with one attached hydrogen (secondary N) is 2. The van der Waals surface area contributed by atoms with Crippen LogP contribution in [-0.2, 0) is 13.1 Å². The Hall–Kier alpha value is -2.74. The Morgan fingerprint density at radius 1 is 1.24 bits per heavy atom. The molecular weight excluding hydrogens is 370 g/mol. The van der Waals surface area contributed by atoms with E-state index in [1.54, 1.807) is 21.3 Å². The van der Waals surface area contributed by atoms with Crippen LogP contribution < -0.4 is 20.1 Å². The number of aliphatic imine (C=N–C) groups is 1. The lowest BCUT2D eigenvalue weighted by Crippen LogP contribution is -2.44. The summed E-state index contributed by atoms with van der Waals surface area (Å²) in [7, 11) is 5.12. The van der Waals surface area contributed by atoms with Gasteiger partial charge in [-0.15, -0.1) is 0 Å². The molecule has 2 N–H and O–H groups in total.